The molecule has 0 radical (unpaired) electrons. The lowest BCUT2D eigenvalue weighted by Crippen LogP contribution is -2.40. The van der Waals surface area contributed by atoms with Crippen molar-refractivity contribution >= 4 is 31.0 Å². The Hall–Kier alpha value is -3.23. The average molecular weight is 629 g/mol. The van der Waals surface area contributed by atoms with Crippen LogP contribution in [0.1, 0.15) is 51.5 Å². The number of rotatable bonds is 15. The summed E-state index contributed by atoms with van der Waals surface area (Å²) >= 11 is 0. The van der Waals surface area contributed by atoms with Gasteiger partial charge in [-0.05, 0) is 49.4 Å². The van der Waals surface area contributed by atoms with E-state index >= 15 is 0 Å². The number of ketones is 1. The Morgan fingerprint density at radius 2 is 2.09 bits per heavy atom. The van der Waals surface area contributed by atoms with E-state index in [1.54, 1.807) is 13.2 Å². The number of Topliss-reactive ketones (excluding diaryl/α,β-unsaturated/α-hetero) is 1. The summed E-state index contributed by atoms with van der Waals surface area (Å²) in [6, 6.07) is 5.96. The Labute approximate surface area is 265 Å². The summed E-state index contributed by atoms with van der Waals surface area (Å²) in [7, 11) is 3.51. The molecule has 44 heavy (non-hydrogen) atoms. The number of nitrogens with zero attached hydrogens (tertiary/aromatic N) is 5. The maximum Gasteiger partial charge on any atom is 0.227 e. The molecule has 0 amide bonds. The molecule has 1 saturated heterocycles. The van der Waals surface area contributed by atoms with Gasteiger partial charge in [-0.3, -0.25) is 9.69 Å². The number of ether oxygens (including phenoxy) is 3. The van der Waals surface area contributed by atoms with Crippen LogP contribution in [-0.4, -0.2) is 96.5 Å². The first-order valence-electron chi connectivity index (χ1n) is 14.8. The lowest BCUT2D eigenvalue weighted by atomic mass is 9.94. The third kappa shape index (κ3) is 8.48. The number of aryl methyl sites for hydroxylation is 1. The van der Waals surface area contributed by atoms with Crippen molar-refractivity contribution in [3.8, 4) is 5.75 Å². The average Bonchev–Trinajstić information content (AvgIpc) is 3.40. The van der Waals surface area contributed by atoms with Crippen LogP contribution in [-0.2, 0) is 29.0 Å². The van der Waals surface area contributed by atoms with E-state index in [9.17, 15) is 9.90 Å². The number of benzene rings is 1. The van der Waals surface area contributed by atoms with Gasteiger partial charge in [0.05, 0.1) is 37.7 Å². The Kier molecular flexibility index (Phi) is 12.0. The maximum absolute atomic E-state index is 13.2. The first-order valence-corrected chi connectivity index (χ1v) is 14.8. The quantitative estimate of drug-likeness (QED) is 0.240. The number of fused-ring (bicyclic) bond motifs is 1. The van der Waals surface area contributed by atoms with Gasteiger partial charge in [0, 0.05) is 52.8 Å². The van der Waals surface area contributed by atoms with Gasteiger partial charge in [-0.1, -0.05) is 6.07 Å². The molecule has 12 nitrogen and oxygen atoms in total. The van der Waals surface area contributed by atoms with E-state index < -0.39 is 6.10 Å². The minimum absolute atomic E-state index is 0. The zero-order chi connectivity index (χ0) is 30.3. The number of anilines is 2. The van der Waals surface area contributed by atoms with Crippen LogP contribution >= 0.6 is 13.5 Å². The van der Waals surface area contributed by atoms with Crippen LogP contribution in [0.2, 0.25) is 0 Å². The fraction of sp³-hybridized carbons (Fsp3) is 0.548. The van der Waals surface area contributed by atoms with Crippen molar-refractivity contribution < 1.29 is 28.5 Å². The monoisotopic (exact) mass is 628 g/mol. The molecule has 2 aromatic heterocycles. The van der Waals surface area contributed by atoms with Gasteiger partial charge in [-0.15, -0.1) is 0 Å². The molecule has 1 aromatic carbocycles. The number of aliphatic hydroxyl groups is 1. The van der Waals surface area contributed by atoms with Crippen LogP contribution < -0.4 is 15.0 Å². The van der Waals surface area contributed by atoms with Crippen molar-refractivity contribution in [2.75, 3.05) is 63.8 Å². The van der Waals surface area contributed by atoms with Crippen molar-refractivity contribution in [2.24, 2.45) is 0 Å². The van der Waals surface area contributed by atoms with Crippen molar-refractivity contribution in [3.05, 3.63) is 58.4 Å². The highest BCUT2D eigenvalue weighted by atomic mass is 32.1. The summed E-state index contributed by atoms with van der Waals surface area (Å²) in [4.78, 5) is 30.5. The van der Waals surface area contributed by atoms with Crippen LogP contribution in [0, 0.1) is 13.8 Å². The van der Waals surface area contributed by atoms with Gasteiger partial charge in [0.15, 0.2) is 17.9 Å². The normalized spacial score (nSPS) is 15.6. The number of hydrogen-bond acceptors (Lipinski definition) is 12. The third-order valence-corrected chi connectivity index (χ3v) is 8.06. The molecule has 1 fully saturated rings. The molecule has 0 aliphatic carbocycles. The summed E-state index contributed by atoms with van der Waals surface area (Å²) < 4.78 is 21.9. The molecule has 13 heteroatoms. The first-order chi connectivity index (χ1) is 20.8. The zero-order valence-electron chi connectivity index (χ0n) is 26.0. The molecule has 0 saturated carbocycles. The topological polar surface area (TPSA) is 135 Å². The van der Waals surface area contributed by atoms with Crippen molar-refractivity contribution in [1.29, 1.82) is 0 Å². The highest BCUT2D eigenvalue weighted by Crippen LogP contribution is 2.30. The molecule has 0 bridgehead atoms. The van der Waals surface area contributed by atoms with E-state index in [4.69, 9.17) is 18.6 Å². The number of aliphatic hydroxyl groups excluding tert-OH is 1. The number of nitrogens with one attached hydrogen (secondary N) is 1. The molecule has 0 spiro atoms. The Bertz CT molecular complexity index is 1400. The number of aromatic nitrogens is 3. The molecule has 3 aromatic rings. The number of carbonyl (C=O) groups is 1. The van der Waals surface area contributed by atoms with Gasteiger partial charge in [-0.25, -0.2) is 9.97 Å². The number of carbonyl (C=O) groups excluding carboxylic acids is 1. The van der Waals surface area contributed by atoms with E-state index in [2.05, 4.69) is 38.2 Å². The van der Waals surface area contributed by atoms with Gasteiger partial charge in [-0.2, -0.15) is 18.5 Å². The molecule has 5 rings (SSSR count). The minimum atomic E-state index is -0.630. The molecule has 2 aliphatic rings. The van der Waals surface area contributed by atoms with E-state index in [1.165, 1.54) is 17.5 Å². The van der Waals surface area contributed by atoms with Crippen LogP contribution in [0.3, 0.4) is 0 Å². The predicted octanol–water partition coefficient (Wildman–Crippen LogP) is 3.05. The number of likely N-dealkylation sites (N-methyl/N-ethyl adjacent to an activating group) is 1. The van der Waals surface area contributed by atoms with Crippen molar-refractivity contribution in [2.45, 2.75) is 58.4 Å². The van der Waals surface area contributed by atoms with Crippen LogP contribution in [0.25, 0.3) is 0 Å². The smallest absolute Gasteiger partial charge is 0.227 e. The summed E-state index contributed by atoms with van der Waals surface area (Å²) in [6.07, 6.45) is 2.22. The molecular weight excluding hydrogens is 584 g/mol. The number of oxazole rings is 1. The molecule has 240 valence electrons. The van der Waals surface area contributed by atoms with Gasteiger partial charge < -0.3 is 34.0 Å². The van der Waals surface area contributed by atoms with Gasteiger partial charge >= 0.3 is 0 Å². The molecule has 2 aliphatic heterocycles. The second kappa shape index (κ2) is 15.7. The largest absolute Gasteiger partial charge is 0.485 e. The lowest BCUT2D eigenvalue weighted by molar-refractivity contribution is 0.0209. The van der Waals surface area contributed by atoms with E-state index in [0.717, 1.165) is 42.3 Å². The van der Waals surface area contributed by atoms with Crippen LogP contribution in [0.15, 0.2) is 29.0 Å². The summed E-state index contributed by atoms with van der Waals surface area (Å²) in [5.41, 5.74) is 4.83. The maximum atomic E-state index is 13.2. The standard InChI is InChI=1S/C31H42N6O6.H2S/c1-20-25-9-10-37(14-22(25)5-8-28(20)42-18-29-21(2)32-19-43-29)15-24(38)6-7-27(39)26-13-30(33-23-16-41-17-23)35-31(34-26)36(3)11-12-40-4;/h5,8,13,19,23-24,38H,6-7,9-12,14-18H2,1-4H3,(H,33,34,35);1H2/t24-;/m0./s1. The summed E-state index contributed by atoms with van der Waals surface area (Å²) in [6.45, 7) is 8.72. The number of hydrogen-bond donors (Lipinski definition) is 2. The lowest BCUT2D eigenvalue weighted by Gasteiger charge is -2.31. The van der Waals surface area contributed by atoms with Crippen molar-refractivity contribution in [1.82, 2.24) is 19.9 Å². The van der Waals surface area contributed by atoms with E-state index in [-0.39, 0.29) is 31.7 Å². The fourth-order valence-corrected chi connectivity index (χ4v) is 5.29. The Morgan fingerprint density at radius 1 is 1.27 bits per heavy atom. The number of β-amino-alcohol motifs (C(OH)–C–C–N with tert-alkyl or cyclic N) is 1. The zero-order valence-corrected chi connectivity index (χ0v) is 27.0. The fourth-order valence-electron chi connectivity index (χ4n) is 5.29. The minimum Gasteiger partial charge on any atom is -0.485 e. The second-order valence-corrected chi connectivity index (χ2v) is 11.3. The van der Waals surface area contributed by atoms with E-state index in [1.807, 2.05) is 24.9 Å². The molecular formula is C31H44N6O6S. The van der Waals surface area contributed by atoms with Crippen LogP contribution in [0.5, 0.6) is 5.75 Å². The summed E-state index contributed by atoms with van der Waals surface area (Å²) in [5, 5.41) is 14.2. The van der Waals surface area contributed by atoms with Crippen molar-refractivity contribution in [3.63, 3.8) is 0 Å². The van der Waals surface area contributed by atoms with E-state index in [0.29, 0.717) is 63.4 Å². The third-order valence-electron chi connectivity index (χ3n) is 8.06. The first kappa shape index (κ1) is 33.7. The Balaban J connectivity index is 0.00000442. The van der Waals surface area contributed by atoms with Gasteiger partial charge in [0.25, 0.3) is 0 Å². The predicted molar refractivity (Wildman–Crippen MR) is 171 cm³/mol. The van der Waals surface area contributed by atoms with Gasteiger partial charge in [0.1, 0.15) is 23.9 Å². The molecule has 2 N–H and O–H groups in total. The molecule has 1 atom stereocenters. The molecule has 4 heterocycles. The molecule has 0 unspecified atom stereocenters. The Morgan fingerprint density at radius 3 is 2.80 bits per heavy atom. The highest BCUT2D eigenvalue weighted by Gasteiger charge is 2.24. The highest BCUT2D eigenvalue weighted by molar-refractivity contribution is 7.59. The van der Waals surface area contributed by atoms with Crippen LogP contribution in [0.4, 0.5) is 11.8 Å². The SMILES string of the molecule is COCCN(C)c1nc(NC2COC2)cc(C(=O)CC[C@H](O)CN2CCc3c(ccc(OCc4ocnc4C)c3C)C2)n1.S. The summed E-state index contributed by atoms with van der Waals surface area (Å²) in [5.74, 6) is 2.50. The number of methoxy groups -OCH3 is 1. The second-order valence-electron chi connectivity index (χ2n) is 11.3. The van der Waals surface area contributed by atoms with Gasteiger partial charge in [0.2, 0.25) is 5.95 Å².